The van der Waals surface area contributed by atoms with Gasteiger partial charge in [0.2, 0.25) is 0 Å². The fraction of sp³-hybridized carbons (Fsp3) is 0.222. The van der Waals surface area contributed by atoms with Gasteiger partial charge in [0.25, 0.3) is 0 Å². The topological polar surface area (TPSA) is 26.3 Å². The van der Waals surface area contributed by atoms with Crippen molar-refractivity contribution in [1.29, 1.82) is 0 Å². The average Bonchev–Trinajstić information content (AvgIpc) is 2.10. The summed E-state index contributed by atoms with van der Waals surface area (Å²) in [6, 6.07) is 6.99. The maximum Gasteiger partial charge on any atom is 0.153 e. The van der Waals surface area contributed by atoms with Crippen LogP contribution in [-0.4, -0.2) is 13.4 Å². The summed E-state index contributed by atoms with van der Waals surface area (Å²) < 4.78 is 4.91. The van der Waals surface area contributed by atoms with Crippen LogP contribution in [0.15, 0.2) is 24.3 Å². The predicted molar refractivity (Wildman–Crippen MR) is 47.3 cm³/mol. The highest BCUT2D eigenvalue weighted by atomic mass is 35.5. The molecule has 1 atom stereocenters. The molecule has 0 aromatic heterocycles. The van der Waals surface area contributed by atoms with Gasteiger partial charge in [-0.3, -0.25) is 0 Å². The van der Waals surface area contributed by atoms with Gasteiger partial charge in [0.1, 0.15) is 6.10 Å². The Morgan fingerprint density at radius 2 is 2.00 bits per heavy atom. The maximum absolute atomic E-state index is 10.5. The van der Waals surface area contributed by atoms with Gasteiger partial charge < -0.3 is 9.53 Å². The second kappa shape index (κ2) is 4.24. The number of benzene rings is 1. The molecule has 12 heavy (non-hydrogen) atoms. The van der Waals surface area contributed by atoms with Gasteiger partial charge in [-0.2, -0.15) is 0 Å². The van der Waals surface area contributed by atoms with Crippen LogP contribution in [0.3, 0.4) is 0 Å². The molecule has 1 aromatic carbocycles. The van der Waals surface area contributed by atoms with Crippen molar-refractivity contribution in [2.75, 3.05) is 7.11 Å². The molecule has 0 fully saturated rings. The summed E-state index contributed by atoms with van der Waals surface area (Å²) in [6.45, 7) is 0. The largest absolute Gasteiger partial charge is 0.369 e. The number of rotatable bonds is 3. The van der Waals surface area contributed by atoms with E-state index in [1.807, 2.05) is 0 Å². The summed E-state index contributed by atoms with van der Waals surface area (Å²) in [5.74, 6) is 0. The Labute approximate surface area is 76.1 Å². The van der Waals surface area contributed by atoms with Gasteiger partial charge in [-0.1, -0.05) is 23.7 Å². The standard InChI is InChI=1S/C9H9ClO2/c1-12-9(6-11)7-2-4-8(10)5-3-7/h2-6,9H,1H3. The zero-order chi connectivity index (χ0) is 8.97. The minimum atomic E-state index is -0.484. The van der Waals surface area contributed by atoms with Crippen molar-refractivity contribution < 1.29 is 9.53 Å². The fourth-order valence-electron chi connectivity index (χ4n) is 0.923. The van der Waals surface area contributed by atoms with Crippen LogP contribution in [-0.2, 0) is 9.53 Å². The van der Waals surface area contributed by atoms with Gasteiger partial charge in [0.05, 0.1) is 0 Å². The number of halogens is 1. The monoisotopic (exact) mass is 184 g/mol. The molecule has 0 saturated carbocycles. The first-order valence-corrected chi connectivity index (χ1v) is 3.89. The van der Waals surface area contributed by atoms with Gasteiger partial charge in [-0.05, 0) is 17.7 Å². The number of methoxy groups -OCH3 is 1. The molecule has 0 aliphatic heterocycles. The summed E-state index contributed by atoms with van der Waals surface area (Å²) in [6.07, 6.45) is 0.269. The SMILES string of the molecule is COC(C=O)c1ccc(Cl)cc1. The first-order valence-electron chi connectivity index (χ1n) is 3.51. The van der Waals surface area contributed by atoms with Crippen LogP contribution in [0.25, 0.3) is 0 Å². The first kappa shape index (κ1) is 9.23. The lowest BCUT2D eigenvalue weighted by atomic mass is 10.1. The van der Waals surface area contributed by atoms with Crippen LogP contribution in [0.5, 0.6) is 0 Å². The molecule has 3 heteroatoms. The van der Waals surface area contributed by atoms with Crippen molar-refractivity contribution in [1.82, 2.24) is 0 Å². The van der Waals surface area contributed by atoms with E-state index in [9.17, 15) is 4.79 Å². The summed E-state index contributed by atoms with van der Waals surface area (Å²) in [5.41, 5.74) is 0.817. The highest BCUT2D eigenvalue weighted by Crippen LogP contribution is 2.16. The molecule has 0 spiro atoms. The van der Waals surface area contributed by atoms with E-state index < -0.39 is 6.10 Å². The first-order chi connectivity index (χ1) is 5.77. The van der Waals surface area contributed by atoms with E-state index >= 15 is 0 Å². The molecule has 1 unspecified atom stereocenters. The number of hydrogen-bond donors (Lipinski definition) is 0. The maximum atomic E-state index is 10.5. The molecule has 0 radical (unpaired) electrons. The lowest BCUT2D eigenvalue weighted by molar-refractivity contribution is -0.116. The van der Waals surface area contributed by atoms with Gasteiger partial charge in [0.15, 0.2) is 6.29 Å². The molecule has 0 aliphatic carbocycles. The predicted octanol–water partition coefficient (Wildman–Crippen LogP) is 2.23. The third-order valence-corrected chi connectivity index (χ3v) is 1.83. The molecule has 64 valence electrons. The molecule has 0 aliphatic rings. The van der Waals surface area contributed by atoms with Gasteiger partial charge in [-0.15, -0.1) is 0 Å². The number of ether oxygens (including phenoxy) is 1. The van der Waals surface area contributed by atoms with E-state index in [1.54, 1.807) is 24.3 Å². The molecule has 0 saturated heterocycles. The number of carbonyl (C=O) groups is 1. The number of aldehydes is 1. The van der Waals surface area contributed by atoms with Gasteiger partial charge >= 0.3 is 0 Å². The Hall–Kier alpha value is -0.860. The highest BCUT2D eigenvalue weighted by Gasteiger charge is 2.07. The minimum Gasteiger partial charge on any atom is -0.369 e. The van der Waals surface area contributed by atoms with Crippen molar-refractivity contribution in [2.24, 2.45) is 0 Å². The lowest BCUT2D eigenvalue weighted by Crippen LogP contribution is -2.01. The third kappa shape index (κ3) is 2.06. The molecule has 1 aromatic rings. The summed E-state index contributed by atoms with van der Waals surface area (Å²) in [7, 11) is 1.49. The zero-order valence-corrected chi connectivity index (χ0v) is 7.41. The number of carbonyl (C=O) groups excluding carboxylic acids is 1. The highest BCUT2D eigenvalue weighted by molar-refractivity contribution is 6.30. The van der Waals surface area contributed by atoms with Gasteiger partial charge in [-0.25, -0.2) is 0 Å². The summed E-state index contributed by atoms with van der Waals surface area (Å²) in [4.78, 5) is 10.5. The minimum absolute atomic E-state index is 0.484. The Morgan fingerprint density at radius 1 is 1.42 bits per heavy atom. The van der Waals surface area contributed by atoms with Crippen molar-refractivity contribution in [3.05, 3.63) is 34.9 Å². The van der Waals surface area contributed by atoms with E-state index in [4.69, 9.17) is 16.3 Å². The molecule has 0 heterocycles. The summed E-state index contributed by atoms with van der Waals surface area (Å²) in [5, 5.41) is 0.652. The van der Waals surface area contributed by atoms with Crippen molar-refractivity contribution in [3.8, 4) is 0 Å². The Bertz CT molecular complexity index is 256. The van der Waals surface area contributed by atoms with E-state index in [0.717, 1.165) is 11.8 Å². The summed E-state index contributed by atoms with van der Waals surface area (Å²) >= 11 is 5.67. The molecular formula is C9H9ClO2. The average molecular weight is 185 g/mol. The molecule has 1 rings (SSSR count). The smallest absolute Gasteiger partial charge is 0.153 e. The van der Waals surface area contributed by atoms with Crippen LogP contribution in [0.4, 0.5) is 0 Å². The van der Waals surface area contributed by atoms with Crippen LogP contribution in [0, 0.1) is 0 Å². The van der Waals surface area contributed by atoms with Crippen molar-refractivity contribution in [2.45, 2.75) is 6.10 Å². The Balaban J connectivity index is 2.87. The quantitative estimate of drug-likeness (QED) is 0.674. The molecule has 2 nitrogen and oxygen atoms in total. The van der Waals surface area contributed by atoms with E-state index in [-0.39, 0.29) is 0 Å². The molecule has 0 N–H and O–H groups in total. The third-order valence-electron chi connectivity index (χ3n) is 1.58. The second-order valence-corrected chi connectivity index (χ2v) is 2.78. The molecule has 0 amide bonds. The fourth-order valence-corrected chi connectivity index (χ4v) is 1.05. The second-order valence-electron chi connectivity index (χ2n) is 2.34. The van der Waals surface area contributed by atoms with Crippen molar-refractivity contribution >= 4 is 17.9 Å². The van der Waals surface area contributed by atoms with E-state index in [1.165, 1.54) is 7.11 Å². The molecule has 0 bridgehead atoms. The number of hydrogen-bond acceptors (Lipinski definition) is 2. The zero-order valence-electron chi connectivity index (χ0n) is 6.66. The van der Waals surface area contributed by atoms with Crippen LogP contribution < -0.4 is 0 Å². The van der Waals surface area contributed by atoms with Crippen LogP contribution in [0.2, 0.25) is 5.02 Å². The van der Waals surface area contributed by atoms with Crippen LogP contribution in [0.1, 0.15) is 11.7 Å². The van der Waals surface area contributed by atoms with Crippen molar-refractivity contribution in [3.63, 3.8) is 0 Å². The van der Waals surface area contributed by atoms with E-state index in [0.29, 0.717) is 5.02 Å². The lowest BCUT2D eigenvalue weighted by Gasteiger charge is -2.07. The normalized spacial score (nSPS) is 12.5. The van der Waals surface area contributed by atoms with Crippen LogP contribution >= 0.6 is 11.6 Å². The van der Waals surface area contributed by atoms with E-state index in [2.05, 4.69) is 0 Å². The van der Waals surface area contributed by atoms with Gasteiger partial charge in [0, 0.05) is 12.1 Å². The molecular weight excluding hydrogens is 176 g/mol. The Kier molecular flexibility index (Phi) is 3.26. The Morgan fingerprint density at radius 3 is 2.42 bits per heavy atom.